The Kier molecular flexibility index (Phi) is 7.47. The van der Waals surface area contributed by atoms with Gasteiger partial charge in [-0.1, -0.05) is 60.1 Å². The van der Waals surface area contributed by atoms with Crippen LogP contribution in [0.3, 0.4) is 0 Å². The molecule has 3 aromatic rings. The fraction of sp³-hybridized carbons (Fsp3) is 0.250. The Labute approximate surface area is 219 Å². The number of benzene rings is 3. The summed E-state index contributed by atoms with van der Waals surface area (Å²) in [4.78, 5) is 38.9. The fourth-order valence-electron chi connectivity index (χ4n) is 5.37. The minimum atomic E-state index is -2.20. The van der Waals surface area contributed by atoms with Crippen LogP contribution in [0.1, 0.15) is 45.5 Å². The van der Waals surface area contributed by atoms with E-state index in [1.54, 1.807) is 48.5 Å². The Bertz CT molecular complexity index is 1330. The second kappa shape index (κ2) is 10.4. The Balaban J connectivity index is 1.94. The molecule has 6 N–H and O–H groups in total. The van der Waals surface area contributed by atoms with Gasteiger partial charge in [-0.15, -0.1) is 0 Å². The van der Waals surface area contributed by atoms with E-state index in [4.69, 9.17) is 23.1 Å². The van der Waals surface area contributed by atoms with Crippen LogP contribution >= 0.6 is 11.6 Å². The number of primary amides is 1. The number of nitrogens with two attached hydrogens (primary N) is 2. The Morgan fingerprint density at radius 3 is 2.22 bits per heavy atom. The van der Waals surface area contributed by atoms with Crippen molar-refractivity contribution in [1.82, 2.24) is 0 Å². The molecule has 0 saturated carbocycles. The standard InChI is InChI=1S/C28H28ClN3O5/c29-23-13-10-19(16-30)20(15-23)17-32(14-4-7-24(32)25(31)33)27(36)28(37,21-5-2-1-3-6-21)22-11-8-18(9-12-22)26(34)35/h1-3,5-6,8-13,15,24,37H,4,7,14,16-17,30H2,(H2-,31,33,34,35)/p+1/t24-,28?,32?/m0/s1. The number of amides is 2. The first-order valence-corrected chi connectivity index (χ1v) is 12.3. The van der Waals surface area contributed by atoms with Gasteiger partial charge in [0.25, 0.3) is 5.91 Å². The van der Waals surface area contributed by atoms with E-state index >= 15 is 0 Å². The number of nitrogens with zero attached hydrogens (tertiary/aromatic N) is 1. The predicted molar refractivity (Wildman–Crippen MR) is 138 cm³/mol. The number of carboxylic acids is 1. The molecule has 0 aliphatic carbocycles. The molecule has 192 valence electrons. The molecular formula is C28H29ClN3O5+. The lowest BCUT2D eigenvalue weighted by Gasteiger charge is -2.42. The van der Waals surface area contributed by atoms with Gasteiger partial charge < -0.3 is 21.7 Å². The van der Waals surface area contributed by atoms with Crippen molar-refractivity contribution in [2.75, 3.05) is 6.54 Å². The van der Waals surface area contributed by atoms with E-state index in [2.05, 4.69) is 0 Å². The van der Waals surface area contributed by atoms with E-state index in [0.717, 1.165) is 5.56 Å². The first kappa shape index (κ1) is 26.5. The van der Waals surface area contributed by atoms with E-state index in [0.29, 0.717) is 29.0 Å². The zero-order valence-electron chi connectivity index (χ0n) is 20.1. The molecule has 2 unspecified atom stereocenters. The third-order valence-corrected chi connectivity index (χ3v) is 7.49. The molecule has 1 aliphatic rings. The lowest BCUT2D eigenvalue weighted by molar-refractivity contribution is -0.873. The van der Waals surface area contributed by atoms with Crippen LogP contribution in [0.15, 0.2) is 72.8 Å². The molecule has 0 bridgehead atoms. The predicted octanol–water partition coefficient (Wildman–Crippen LogP) is 2.92. The van der Waals surface area contributed by atoms with Crippen LogP contribution in [0.4, 0.5) is 0 Å². The van der Waals surface area contributed by atoms with E-state index in [1.165, 1.54) is 24.3 Å². The molecule has 0 spiro atoms. The van der Waals surface area contributed by atoms with Crippen molar-refractivity contribution in [1.29, 1.82) is 0 Å². The highest BCUT2D eigenvalue weighted by atomic mass is 35.5. The second-order valence-corrected chi connectivity index (χ2v) is 9.79. The second-order valence-electron chi connectivity index (χ2n) is 9.36. The molecule has 3 aromatic carbocycles. The van der Waals surface area contributed by atoms with Crippen LogP contribution in [0.5, 0.6) is 0 Å². The zero-order chi connectivity index (χ0) is 26.8. The number of carbonyl (C=O) groups excluding carboxylic acids is 2. The molecule has 4 rings (SSSR count). The number of quaternary nitrogens is 1. The fourth-order valence-corrected chi connectivity index (χ4v) is 5.57. The van der Waals surface area contributed by atoms with Crippen molar-refractivity contribution in [2.24, 2.45) is 11.5 Å². The molecule has 1 saturated heterocycles. The first-order valence-electron chi connectivity index (χ1n) is 11.9. The molecule has 3 atom stereocenters. The van der Waals surface area contributed by atoms with Crippen molar-refractivity contribution >= 4 is 29.4 Å². The average molecular weight is 523 g/mol. The monoisotopic (exact) mass is 522 g/mol. The van der Waals surface area contributed by atoms with Crippen LogP contribution < -0.4 is 11.5 Å². The van der Waals surface area contributed by atoms with Gasteiger partial charge in [-0.05, 0) is 29.8 Å². The van der Waals surface area contributed by atoms with Crippen LogP contribution in [0.2, 0.25) is 5.02 Å². The summed E-state index contributed by atoms with van der Waals surface area (Å²) in [6.45, 7) is 0.523. The van der Waals surface area contributed by atoms with Crippen molar-refractivity contribution in [3.8, 4) is 0 Å². The number of likely N-dealkylation sites (tertiary alicyclic amines) is 1. The summed E-state index contributed by atoms with van der Waals surface area (Å²) < 4.78 is -0.422. The van der Waals surface area contributed by atoms with E-state index in [9.17, 15) is 24.6 Å². The van der Waals surface area contributed by atoms with Gasteiger partial charge in [-0.3, -0.25) is 4.79 Å². The lowest BCUT2D eigenvalue weighted by Crippen LogP contribution is -2.65. The first-order chi connectivity index (χ1) is 17.6. The maximum Gasteiger partial charge on any atom is 0.355 e. The number of carboxylic acid groups (broad SMARTS) is 1. The van der Waals surface area contributed by atoms with Gasteiger partial charge >= 0.3 is 11.9 Å². The molecular weight excluding hydrogens is 494 g/mol. The van der Waals surface area contributed by atoms with Gasteiger partial charge in [-0.2, -0.15) is 0 Å². The van der Waals surface area contributed by atoms with Gasteiger partial charge in [0.05, 0.1) is 12.1 Å². The Hall–Kier alpha value is -3.56. The topological polar surface area (TPSA) is 144 Å². The quantitative estimate of drug-likeness (QED) is 0.335. The third-order valence-electron chi connectivity index (χ3n) is 7.26. The summed E-state index contributed by atoms with van der Waals surface area (Å²) in [7, 11) is 0. The molecule has 8 nitrogen and oxygen atoms in total. The van der Waals surface area contributed by atoms with Gasteiger partial charge in [0, 0.05) is 41.1 Å². The minimum Gasteiger partial charge on any atom is -0.478 e. The molecule has 1 aliphatic heterocycles. The molecule has 1 fully saturated rings. The lowest BCUT2D eigenvalue weighted by atomic mass is 9.83. The normalized spacial score (nSPS) is 20.8. The molecule has 0 aromatic heterocycles. The molecule has 9 heteroatoms. The smallest absolute Gasteiger partial charge is 0.355 e. The molecule has 37 heavy (non-hydrogen) atoms. The molecule has 2 amide bonds. The highest BCUT2D eigenvalue weighted by molar-refractivity contribution is 6.30. The van der Waals surface area contributed by atoms with Crippen molar-refractivity contribution in [2.45, 2.75) is 37.6 Å². The van der Waals surface area contributed by atoms with Gasteiger partial charge in [0.15, 0.2) is 6.04 Å². The average Bonchev–Trinajstić information content (AvgIpc) is 3.33. The number of aliphatic hydroxyl groups is 1. The van der Waals surface area contributed by atoms with Gasteiger partial charge in [0.2, 0.25) is 5.60 Å². The number of hydrogen-bond acceptors (Lipinski definition) is 5. The highest BCUT2D eigenvalue weighted by Crippen LogP contribution is 2.41. The number of rotatable bonds is 8. The van der Waals surface area contributed by atoms with Crippen LogP contribution in [-0.2, 0) is 28.3 Å². The summed E-state index contributed by atoms with van der Waals surface area (Å²) in [6, 6.07) is 18.2. The SMILES string of the molecule is NCc1ccc(Cl)cc1C[N+]1(C(=O)C(O)(c2ccccc2)c2ccc(C(=O)O)cc2)CCC[C@H]1C(N)=O. The number of hydrogen-bond donors (Lipinski definition) is 4. The largest absolute Gasteiger partial charge is 0.478 e. The third kappa shape index (κ3) is 4.76. The summed E-state index contributed by atoms with van der Waals surface area (Å²) in [6.07, 6.45) is 0.920. The number of carbonyl (C=O) groups is 3. The van der Waals surface area contributed by atoms with Gasteiger partial charge in [0.1, 0.15) is 6.54 Å². The van der Waals surface area contributed by atoms with Crippen LogP contribution in [0.25, 0.3) is 0 Å². The summed E-state index contributed by atoms with van der Waals surface area (Å²) in [5.41, 5.74) is 11.6. The summed E-state index contributed by atoms with van der Waals surface area (Å²) in [5, 5.41) is 22.1. The van der Waals surface area contributed by atoms with E-state index in [-0.39, 0.29) is 30.8 Å². The maximum absolute atomic E-state index is 14.7. The van der Waals surface area contributed by atoms with Crippen LogP contribution in [0, 0.1) is 0 Å². The summed E-state index contributed by atoms with van der Waals surface area (Å²) in [5.74, 6) is -2.40. The number of halogens is 1. The van der Waals surface area contributed by atoms with Crippen molar-refractivity contribution in [3.63, 3.8) is 0 Å². The maximum atomic E-state index is 14.7. The highest BCUT2D eigenvalue weighted by Gasteiger charge is 2.59. The van der Waals surface area contributed by atoms with Crippen molar-refractivity contribution in [3.05, 3.63) is 106 Å². The van der Waals surface area contributed by atoms with Gasteiger partial charge in [-0.25, -0.2) is 14.1 Å². The Morgan fingerprint density at radius 2 is 1.62 bits per heavy atom. The minimum absolute atomic E-state index is 0.0122. The summed E-state index contributed by atoms with van der Waals surface area (Å²) >= 11 is 6.28. The number of aromatic carboxylic acids is 1. The zero-order valence-corrected chi connectivity index (χ0v) is 20.9. The van der Waals surface area contributed by atoms with Crippen LogP contribution in [-0.4, -0.2) is 45.1 Å². The molecule has 0 radical (unpaired) electrons. The Morgan fingerprint density at radius 1 is 0.973 bits per heavy atom. The van der Waals surface area contributed by atoms with E-state index < -0.39 is 33.9 Å². The van der Waals surface area contributed by atoms with E-state index in [1.807, 2.05) is 0 Å². The molecule has 1 heterocycles. The van der Waals surface area contributed by atoms with Crippen molar-refractivity contribution < 1.29 is 29.1 Å².